The Kier molecular flexibility index (Phi) is 5.34. The second-order valence-electron chi connectivity index (χ2n) is 7.42. The van der Waals surface area contributed by atoms with E-state index >= 15 is 0 Å². The molecule has 0 aliphatic carbocycles. The molecule has 3 aromatic rings. The third-order valence-corrected chi connectivity index (χ3v) is 4.90. The van der Waals surface area contributed by atoms with E-state index in [-0.39, 0.29) is 12.5 Å². The first-order valence-electron chi connectivity index (χ1n) is 9.11. The standard InChI is InChI=1S/C22H20FN5O/c1-14(15-7-8-17(18(23)9-15)22(2,3)12-25)27-20(29)11-28-13-26-19-6-4-5-16(10-24)21(19)28/h4-9,13-14H,11H2,1-3H3,(H,27,29)/t14-/m0/s1. The summed E-state index contributed by atoms with van der Waals surface area (Å²) in [6, 6.07) is 13.6. The van der Waals surface area contributed by atoms with E-state index in [1.165, 1.54) is 12.4 Å². The van der Waals surface area contributed by atoms with Crippen molar-refractivity contribution >= 4 is 16.9 Å². The highest BCUT2D eigenvalue weighted by molar-refractivity contribution is 5.84. The number of nitriles is 2. The summed E-state index contributed by atoms with van der Waals surface area (Å²) in [4.78, 5) is 16.7. The van der Waals surface area contributed by atoms with Gasteiger partial charge in [0, 0.05) is 5.56 Å². The summed E-state index contributed by atoms with van der Waals surface area (Å²) in [6.07, 6.45) is 1.52. The van der Waals surface area contributed by atoms with Crippen LogP contribution in [0, 0.1) is 28.5 Å². The van der Waals surface area contributed by atoms with E-state index in [1.807, 2.05) is 0 Å². The maximum Gasteiger partial charge on any atom is 0.240 e. The minimum atomic E-state index is -0.934. The normalized spacial score (nSPS) is 12.2. The summed E-state index contributed by atoms with van der Waals surface area (Å²) in [5.41, 5.74) is 1.67. The maximum absolute atomic E-state index is 14.5. The first-order chi connectivity index (χ1) is 13.8. The van der Waals surface area contributed by atoms with Gasteiger partial charge in [-0.05, 0) is 44.5 Å². The van der Waals surface area contributed by atoms with Gasteiger partial charge in [0.1, 0.15) is 18.4 Å². The van der Waals surface area contributed by atoms with Gasteiger partial charge in [0.25, 0.3) is 0 Å². The van der Waals surface area contributed by atoms with E-state index in [0.29, 0.717) is 27.7 Å². The highest BCUT2D eigenvalue weighted by Crippen LogP contribution is 2.27. The minimum Gasteiger partial charge on any atom is -0.348 e. The van der Waals surface area contributed by atoms with Gasteiger partial charge in [0.05, 0.1) is 40.5 Å². The molecule has 0 saturated heterocycles. The molecule has 0 fully saturated rings. The van der Waals surface area contributed by atoms with Crippen LogP contribution < -0.4 is 5.32 Å². The lowest BCUT2D eigenvalue weighted by atomic mass is 9.85. The molecule has 3 rings (SSSR count). The van der Waals surface area contributed by atoms with E-state index in [1.54, 1.807) is 55.7 Å². The largest absolute Gasteiger partial charge is 0.348 e. The van der Waals surface area contributed by atoms with Crippen LogP contribution in [0.25, 0.3) is 11.0 Å². The van der Waals surface area contributed by atoms with Crippen molar-refractivity contribution in [2.24, 2.45) is 0 Å². The zero-order chi connectivity index (χ0) is 21.2. The molecular weight excluding hydrogens is 369 g/mol. The Morgan fingerprint density at radius 2 is 2.07 bits per heavy atom. The van der Waals surface area contributed by atoms with Gasteiger partial charge in [-0.2, -0.15) is 10.5 Å². The van der Waals surface area contributed by atoms with Gasteiger partial charge in [-0.3, -0.25) is 4.79 Å². The maximum atomic E-state index is 14.5. The smallest absolute Gasteiger partial charge is 0.240 e. The molecule has 1 N–H and O–H groups in total. The summed E-state index contributed by atoms with van der Waals surface area (Å²) in [5, 5.41) is 21.3. The molecule has 146 valence electrons. The quantitative estimate of drug-likeness (QED) is 0.719. The number of halogens is 1. The third-order valence-electron chi connectivity index (χ3n) is 4.90. The molecule has 0 aliphatic rings. The molecule has 0 bridgehead atoms. The van der Waals surface area contributed by atoms with Gasteiger partial charge in [-0.15, -0.1) is 0 Å². The van der Waals surface area contributed by atoms with Crippen molar-refractivity contribution in [2.45, 2.75) is 38.8 Å². The van der Waals surface area contributed by atoms with Crippen molar-refractivity contribution in [3.8, 4) is 12.1 Å². The Bertz CT molecular complexity index is 1170. The van der Waals surface area contributed by atoms with Gasteiger partial charge < -0.3 is 9.88 Å². The summed E-state index contributed by atoms with van der Waals surface area (Å²) in [6.45, 7) is 5.05. The number of carbonyl (C=O) groups excluding carboxylic acids is 1. The van der Waals surface area contributed by atoms with Crippen LogP contribution in [0.2, 0.25) is 0 Å². The number of hydrogen-bond donors (Lipinski definition) is 1. The second-order valence-corrected chi connectivity index (χ2v) is 7.42. The number of para-hydroxylation sites is 1. The van der Waals surface area contributed by atoms with Crippen LogP contribution in [-0.4, -0.2) is 15.5 Å². The van der Waals surface area contributed by atoms with Crippen molar-refractivity contribution in [3.63, 3.8) is 0 Å². The zero-order valence-electron chi connectivity index (χ0n) is 16.4. The molecule has 6 nitrogen and oxygen atoms in total. The Labute approximate surface area is 168 Å². The molecule has 0 spiro atoms. The molecule has 1 amide bonds. The third kappa shape index (κ3) is 3.95. The first kappa shape index (κ1) is 20.0. The number of fused-ring (bicyclic) bond motifs is 1. The van der Waals surface area contributed by atoms with E-state index in [0.717, 1.165) is 0 Å². The van der Waals surface area contributed by atoms with E-state index in [4.69, 9.17) is 0 Å². The van der Waals surface area contributed by atoms with Crippen molar-refractivity contribution in [2.75, 3.05) is 0 Å². The highest BCUT2D eigenvalue weighted by atomic mass is 19.1. The molecular formula is C22H20FN5O. The SMILES string of the molecule is C[C@H](NC(=O)Cn1cnc2cccc(C#N)c21)c1ccc(C(C)(C)C#N)c(F)c1. The predicted octanol–water partition coefficient (Wildman–Crippen LogP) is 3.73. The fourth-order valence-electron chi connectivity index (χ4n) is 3.23. The molecule has 0 saturated carbocycles. The molecule has 0 unspecified atom stereocenters. The number of aromatic nitrogens is 2. The van der Waals surface area contributed by atoms with Crippen LogP contribution in [-0.2, 0) is 16.8 Å². The molecule has 2 aromatic carbocycles. The van der Waals surface area contributed by atoms with Crippen molar-refractivity contribution in [1.29, 1.82) is 10.5 Å². The fraction of sp³-hybridized carbons (Fsp3) is 0.273. The number of amides is 1. The van der Waals surface area contributed by atoms with Gasteiger partial charge in [0.2, 0.25) is 5.91 Å². The van der Waals surface area contributed by atoms with Crippen LogP contribution in [0.4, 0.5) is 4.39 Å². The Hall–Kier alpha value is -3.71. The van der Waals surface area contributed by atoms with Crippen molar-refractivity contribution in [1.82, 2.24) is 14.9 Å². The number of benzene rings is 2. The average molecular weight is 389 g/mol. The van der Waals surface area contributed by atoms with Crippen LogP contribution in [0.1, 0.15) is 43.5 Å². The Morgan fingerprint density at radius 3 is 2.72 bits per heavy atom. The molecule has 1 atom stereocenters. The van der Waals surface area contributed by atoms with E-state index in [2.05, 4.69) is 22.4 Å². The highest BCUT2D eigenvalue weighted by Gasteiger charge is 2.24. The fourth-order valence-corrected chi connectivity index (χ4v) is 3.23. The summed E-state index contributed by atoms with van der Waals surface area (Å²) >= 11 is 0. The molecule has 1 heterocycles. The van der Waals surface area contributed by atoms with E-state index < -0.39 is 17.3 Å². The zero-order valence-corrected chi connectivity index (χ0v) is 16.4. The summed E-state index contributed by atoms with van der Waals surface area (Å²) in [7, 11) is 0. The Balaban J connectivity index is 1.76. The molecule has 7 heteroatoms. The lowest BCUT2D eigenvalue weighted by molar-refractivity contribution is -0.122. The summed E-state index contributed by atoms with van der Waals surface area (Å²) in [5.74, 6) is -0.763. The Morgan fingerprint density at radius 1 is 1.31 bits per heavy atom. The van der Waals surface area contributed by atoms with Crippen molar-refractivity contribution in [3.05, 3.63) is 65.2 Å². The molecule has 29 heavy (non-hydrogen) atoms. The van der Waals surface area contributed by atoms with Gasteiger partial charge in [0.15, 0.2) is 0 Å². The van der Waals surface area contributed by atoms with Crippen LogP contribution in [0.5, 0.6) is 0 Å². The van der Waals surface area contributed by atoms with Gasteiger partial charge >= 0.3 is 0 Å². The number of rotatable bonds is 5. The van der Waals surface area contributed by atoms with Gasteiger partial charge in [-0.25, -0.2) is 9.37 Å². The average Bonchev–Trinajstić information content (AvgIpc) is 3.10. The number of nitrogens with zero attached hydrogens (tertiary/aromatic N) is 4. The van der Waals surface area contributed by atoms with Crippen LogP contribution in [0.3, 0.4) is 0 Å². The number of hydrogen-bond acceptors (Lipinski definition) is 4. The number of nitrogens with one attached hydrogen (secondary N) is 1. The lowest BCUT2D eigenvalue weighted by Crippen LogP contribution is -2.30. The van der Waals surface area contributed by atoms with Crippen molar-refractivity contribution < 1.29 is 9.18 Å². The minimum absolute atomic E-state index is 0.0123. The monoisotopic (exact) mass is 389 g/mol. The second kappa shape index (κ2) is 7.73. The molecule has 0 radical (unpaired) electrons. The van der Waals surface area contributed by atoms with Gasteiger partial charge in [-0.1, -0.05) is 18.2 Å². The topological polar surface area (TPSA) is 94.5 Å². The number of imidazole rings is 1. The lowest BCUT2D eigenvalue weighted by Gasteiger charge is -2.20. The number of carbonyl (C=O) groups is 1. The summed E-state index contributed by atoms with van der Waals surface area (Å²) < 4.78 is 16.1. The molecule has 0 aliphatic heterocycles. The predicted molar refractivity (Wildman–Crippen MR) is 106 cm³/mol. The molecule has 1 aromatic heterocycles. The van der Waals surface area contributed by atoms with Crippen LogP contribution in [0.15, 0.2) is 42.7 Å². The first-order valence-corrected chi connectivity index (χ1v) is 9.11. The van der Waals surface area contributed by atoms with E-state index in [9.17, 15) is 19.7 Å². The van der Waals surface area contributed by atoms with Crippen LogP contribution >= 0.6 is 0 Å².